The summed E-state index contributed by atoms with van der Waals surface area (Å²) in [5, 5.41) is 0. The highest BCUT2D eigenvalue weighted by Gasteiger charge is 2.27. The van der Waals surface area contributed by atoms with Crippen molar-refractivity contribution in [2.24, 2.45) is 5.92 Å². The Balaban J connectivity index is 1.81. The lowest BCUT2D eigenvalue weighted by atomic mass is 9.99. The maximum atomic E-state index is 12.9. The highest BCUT2D eigenvalue weighted by Crippen LogP contribution is 2.22. The number of amides is 1. The second-order valence-electron chi connectivity index (χ2n) is 6.88. The number of carbonyl (C=O) groups is 1. The summed E-state index contributed by atoms with van der Waals surface area (Å²) in [6, 6.07) is 5.80. The van der Waals surface area contributed by atoms with Gasteiger partial charge in [0.1, 0.15) is 11.4 Å². The molecule has 1 aliphatic heterocycles. The van der Waals surface area contributed by atoms with Crippen LogP contribution in [0.25, 0.3) is 0 Å². The highest BCUT2D eigenvalue weighted by molar-refractivity contribution is 7.85. The van der Waals surface area contributed by atoms with Gasteiger partial charge in [0.15, 0.2) is 0 Å². The number of benzene rings is 1. The third-order valence-corrected chi connectivity index (χ3v) is 5.30. The molecule has 128 valence electrons. The molecule has 1 aromatic rings. The Kier molecular flexibility index (Phi) is 5.79. The molecule has 0 aliphatic carbocycles. The van der Waals surface area contributed by atoms with Gasteiger partial charge in [0.25, 0.3) is 0 Å². The minimum Gasteiger partial charge on any atom is -0.444 e. The second kappa shape index (κ2) is 7.43. The Hall–Kier alpha value is -1.43. The smallest absolute Gasteiger partial charge is 0.410 e. The lowest BCUT2D eigenvalue weighted by Gasteiger charge is -2.33. The molecular formula is C17H24FNO3S. The number of hydrogen-bond donors (Lipinski definition) is 0. The van der Waals surface area contributed by atoms with Gasteiger partial charge in [0, 0.05) is 23.7 Å². The van der Waals surface area contributed by atoms with Crippen molar-refractivity contribution in [1.82, 2.24) is 4.90 Å². The minimum atomic E-state index is -1.13. The fourth-order valence-electron chi connectivity index (χ4n) is 2.51. The first-order valence-corrected chi connectivity index (χ1v) is 9.18. The van der Waals surface area contributed by atoms with Gasteiger partial charge in [0.2, 0.25) is 0 Å². The van der Waals surface area contributed by atoms with Crippen LogP contribution in [-0.4, -0.2) is 39.6 Å². The third kappa shape index (κ3) is 5.61. The van der Waals surface area contributed by atoms with Crippen molar-refractivity contribution in [1.29, 1.82) is 0 Å². The molecule has 4 nitrogen and oxygen atoms in total. The van der Waals surface area contributed by atoms with Crippen LogP contribution in [-0.2, 0) is 15.5 Å². The van der Waals surface area contributed by atoms with Crippen LogP contribution in [0.4, 0.5) is 9.18 Å². The summed E-state index contributed by atoms with van der Waals surface area (Å²) in [7, 11) is -1.13. The number of ether oxygens (including phenoxy) is 1. The Bertz CT molecular complexity index is 560. The Morgan fingerprint density at radius 3 is 2.35 bits per heavy atom. The van der Waals surface area contributed by atoms with E-state index < -0.39 is 16.4 Å². The van der Waals surface area contributed by atoms with Crippen molar-refractivity contribution in [3.63, 3.8) is 0 Å². The predicted octanol–water partition coefficient (Wildman–Crippen LogP) is 3.58. The van der Waals surface area contributed by atoms with E-state index in [2.05, 4.69) is 0 Å². The Labute approximate surface area is 139 Å². The molecule has 0 radical (unpaired) electrons. The van der Waals surface area contributed by atoms with Crippen molar-refractivity contribution < 1.29 is 18.1 Å². The lowest BCUT2D eigenvalue weighted by Crippen LogP contribution is -2.42. The van der Waals surface area contributed by atoms with Crippen molar-refractivity contribution in [3.8, 4) is 0 Å². The standard InChI is InChI=1S/C17H24FNO3S/c1-17(2,3)22-16(20)19-10-8-13(9-11-19)12-23(21)15-6-4-14(18)5-7-15/h4-7,13H,8-12H2,1-3H3/t23-/m0/s1. The van der Waals surface area contributed by atoms with Crippen molar-refractivity contribution in [2.45, 2.75) is 44.1 Å². The molecule has 0 spiro atoms. The first kappa shape index (κ1) is 17.9. The number of hydrogen-bond acceptors (Lipinski definition) is 3. The van der Waals surface area contributed by atoms with Gasteiger partial charge in [-0.1, -0.05) is 0 Å². The third-order valence-electron chi connectivity index (χ3n) is 3.73. The van der Waals surface area contributed by atoms with E-state index in [1.165, 1.54) is 12.1 Å². The maximum absolute atomic E-state index is 12.9. The maximum Gasteiger partial charge on any atom is 0.410 e. The van der Waals surface area contributed by atoms with Crippen LogP contribution in [0.5, 0.6) is 0 Å². The van der Waals surface area contributed by atoms with Crippen LogP contribution in [0, 0.1) is 11.7 Å². The Morgan fingerprint density at radius 1 is 1.26 bits per heavy atom. The van der Waals surface area contributed by atoms with Gasteiger partial charge in [-0.15, -0.1) is 0 Å². The van der Waals surface area contributed by atoms with E-state index in [4.69, 9.17) is 4.74 Å². The fraction of sp³-hybridized carbons (Fsp3) is 0.588. The number of nitrogens with zero attached hydrogens (tertiary/aromatic N) is 1. The van der Waals surface area contributed by atoms with Gasteiger partial charge in [-0.3, -0.25) is 4.21 Å². The van der Waals surface area contributed by atoms with Gasteiger partial charge in [-0.25, -0.2) is 9.18 Å². The zero-order chi connectivity index (χ0) is 17.0. The van der Waals surface area contributed by atoms with Crippen LogP contribution in [0.1, 0.15) is 33.6 Å². The number of halogens is 1. The van der Waals surface area contributed by atoms with Crippen LogP contribution >= 0.6 is 0 Å². The summed E-state index contributed by atoms with van der Waals surface area (Å²) in [6.07, 6.45) is 1.34. The number of rotatable bonds is 3. The van der Waals surface area contributed by atoms with Gasteiger partial charge in [-0.05, 0) is 63.8 Å². The van der Waals surface area contributed by atoms with Crippen LogP contribution in [0.2, 0.25) is 0 Å². The highest BCUT2D eigenvalue weighted by atomic mass is 32.2. The molecule has 6 heteroatoms. The molecule has 0 bridgehead atoms. The molecule has 2 rings (SSSR count). The van der Waals surface area contributed by atoms with Crippen molar-refractivity contribution in [2.75, 3.05) is 18.8 Å². The van der Waals surface area contributed by atoms with E-state index in [1.54, 1.807) is 17.0 Å². The zero-order valence-electron chi connectivity index (χ0n) is 13.9. The first-order chi connectivity index (χ1) is 10.7. The quantitative estimate of drug-likeness (QED) is 0.844. The zero-order valence-corrected chi connectivity index (χ0v) is 14.7. The van der Waals surface area contributed by atoms with Gasteiger partial charge in [-0.2, -0.15) is 0 Å². The average Bonchev–Trinajstić information content (AvgIpc) is 2.46. The van der Waals surface area contributed by atoms with E-state index in [1.807, 2.05) is 20.8 Å². The molecular weight excluding hydrogens is 317 g/mol. The molecule has 1 atom stereocenters. The normalized spacial score (nSPS) is 17.8. The summed E-state index contributed by atoms with van der Waals surface area (Å²) in [5.74, 6) is 0.532. The number of carbonyl (C=O) groups excluding carboxylic acids is 1. The molecule has 0 saturated carbocycles. The van der Waals surface area contributed by atoms with Crippen molar-refractivity contribution >= 4 is 16.9 Å². The molecule has 0 N–H and O–H groups in total. The van der Waals surface area contributed by atoms with Crippen LogP contribution < -0.4 is 0 Å². The Morgan fingerprint density at radius 2 is 1.83 bits per heavy atom. The van der Waals surface area contributed by atoms with E-state index in [0.29, 0.717) is 29.7 Å². The molecule has 1 aromatic carbocycles. The van der Waals surface area contributed by atoms with Gasteiger partial charge < -0.3 is 9.64 Å². The molecule has 1 fully saturated rings. The summed E-state index contributed by atoms with van der Waals surface area (Å²) in [4.78, 5) is 14.4. The number of piperidine rings is 1. The van der Waals surface area contributed by atoms with Gasteiger partial charge in [0.05, 0.1) is 10.8 Å². The molecule has 1 heterocycles. The summed E-state index contributed by atoms with van der Waals surface area (Å²) >= 11 is 0. The lowest BCUT2D eigenvalue weighted by molar-refractivity contribution is 0.0191. The summed E-state index contributed by atoms with van der Waals surface area (Å²) in [5.41, 5.74) is -0.488. The SMILES string of the molecule is CC(C)(C)OC(=O)N1CCC(C[S@](=O)c2ccc(F)cc2)CC1. The second-order valence-corrected chi connectivity index (χ2v) is 8.37. The van der Waals surface area contributed by atoms with E-state index >= 15 is 0 Å². The molecule has 1 aliphatic rings. The largest absolute Gasteiger partial charge is 0.444 e. The topological polar surface area (TPSA) is 46.6 Å². The van der Waals surface area contributed by atoms with E-state index in [9.17, 15) is 13.4 Å². The molecule has 1 amide bonds. The molecule has 23 heavy (non-hydrogen) atoms. The molecule has 0 unspecified atom stereocenters. The average molecular weight is 341 g/mol. The van der Waals surface area contributed by atoms with Crippen molar-refractivity contribution in [3.05, 3.63) is 30.1 Å². The summed E-state index contributed by atoms with van der Waals surface area (Å²) in [6.45, 7) is 6.80. The van der Waals surface area contributed by atoms with Crippen LogP contribution in [0.3, 0.4) is 0 Å². The predicted molar refractivity (Wildman–Crippen MR) is 88.2 cm³/mol. The molecule has 1 saturated heterocycles. The fourth-order valence-corrected chi connectivity index (χ4v) is 3.90. The van der Waals surface area contributed by atoms with E-state index in [0.717, 1.165) is 12.8 Å². The summed E-state index contributed by atoms with van der Waals surface area (Å²) < 4.78 is 30.6. The van der Waals surface area contributed by atoms with Crippen LogP contribution in [0.15, 0.2) is 29.2 Å². The first-order valence-electron chi connectivity index (χ1n) is 7.86. The van der Waals surface area contributed by atoms with E-state index in [-0.39, 0.29) is 11.9 Å². The monoisotopic (exact) mass is 341 g/mol. The molecule has 0 aromatic heterocycles. The number of likely N-dealkylation sites (tertiary alicyclic amines) is 1. The minimum absolute atomic E-state index is 0.282. The van der Waals surface area contributed by atoms with Gasteiger partial charge >= 0.3 is 6.09 Å².